The monoisotopic (exact) mass is 535 g/mol. The van der Waals surface area contributed by atoms with Gasteiger partial charge in [0.25, 0.3) is 10.0 Å². The summed E-state index contributed by atoms with van der Waals surface area (Å²) in [5.41, 5.74) is 2.02. The number of hydrogen-bond donors (Lipinski definition) is 3. The van der Waals surface area contributed by atoms with Crippen molar-refractivity contribution in [3.05, 3.63) is 69.8 Å². The number of hydrazine groups is 1. The molecular weight excluding hydrogens is 519 g/mol. The lowest BCUT2D eigenvalue weighted by molar-refractivity contribution is -0.139. The SMILES string of the molecule is CNN1C(C(=O)OC)=C(Cl)C(Oc2ccc(O)c(S(=O)(=O)Nc3ccc(F)cc3)c2)=C(Cl)C1F. The van der Waals surface area contributed by atoms with E-state index in [1.165, 1.54) is 25.2 Å². The highest BCUT2D eigenvalue weighted by molar-refractivity contribution is 7.92. The Morgan fingerprint density at radius 2 is 1.82 bits per heavy atom. The molecule has 0 saturated carbocycles. The zero-order valence-corrected chi connectivity index (χ0v) is 19.8. The number of rotatable bonds is 7. The van der Waals surface area contributed by atoms with Crippen LogP contribution in [0.2, 0.25) is 0 Å². The van der Waals surface area contributed by atoms with E-state index < -0.39 is 60.3 Å². The van der Waals surface area contributed by atoms with Gasteiger partial charge in [0.2, 0.25) is 6.30 Å². The summed E-state index contributed by atoms with van der Waals surface area (Å²) in [4.78, 5) is 11.5. The lowest BCUT2D eigenvalue weighted by atomic mass is 10.2. The first kappa shape index (κ1) is 25.6. The third-order valence-corrected chi connectivity index (χ3v) is 6.57. The van der Waals surface area contributed by atoms with Crippen LogP contribution < -0.4 is 14.9 Å². The minimum absolute atomic E-state index is 0.0336. The number of carbonyl (C=O) groups excluding carboxylic acids is 1. The Hall–Kier alpha value is -3.06. The summed E-state index contributed by atoms with van der Waals surface area (Å²) in [7, 11) is -1.98. The van der Waals surface area contributed by atoms with E-state index in [0.717, 1.165) is 36.4 Å². The van der Waals surface area contributed by atoms with Crippen LogP contribution in [-0.4, -0.2) is 45.0 Å². The van der Waals surface area contributed by atoms with Crippen LogP contribution in [-0.2, 0) is 19.6 Å². The van der Waals surface area contributed by atoms with Crippen molar-refractivity contribution in [1.29, 1.82) is 0 Å². The first-order valence-electron chi connectivity index (χ1n) is 9.28. The van der Waals surface area contributed by atoms with Gasteiger partial charge in [0, 0.05) is 18.8 Å². The van der Waals surface area contributed by atoms with Gasteiger partial charge in [-0.05, 0) is 36.4 Å². The van der Waals surface area contributed by atoms with Crippen molar-refractivity contribution >= 4 is 44.9 Å². The minimum atomic E-state index is -4.36. The number of ether oxygens (including phenoxy) is 2. The fourth-order valence-corrected chi connectivity index (χ4v) is 4.63. The number of anilines is 1. The standard InChI is InChI=1S/C20H17Cl2F2N3O6S/c1-25-27-17(20(29)32-2)15(21)18(16(22)19(27)24)33-12-7-8-13(28)14(9-12)34(30,31)26-11-5-3-10(23)4-6-11/h3-9,19,25-26,28H,1-2H3. The Bertz CT molecular complexity index is 1290. The number of aromatic hydroxyl groups is 1. The number of carbonyl (C=O) groups is 1. The highest BCUT2D eigenvalue weighted by Crippen LogP contribution is 2.39. The van der Waals surface area contributed by atoms with E-state index in [0.29, 0.717) is 0 Å². The average Bonchev–Trinajstić information content (AvgIpc) is 2.80. The number of benzene rings is 2. The molecule has 0 spiro atoms. The molecule has 1 unspecified atom stereocenters. The van der Waals surface area contributed by atoms with Gasteiger partial charge in [0.1, 0.15) is 32.3 Å². The molecular formula is C20H17Cl2F2N3O6S. The number of nitrogens with zero attached hydrogens (tertiary/aromatic N) is 1. The number of phenols is 1. The molecule has 0 bridgehead atoms. The van der Waals surface area contributed by atoms with Gasteiger partial charge in [-0.1, -0.05) is 23.2 Å². The quantitative estimate of drug-likeness (QED) is 0.364. The van der Waals surface area contributed by atoms with Gasteiger partial charge in [-0.25, -0.2) is 27.4 Å². The number of esters is 1. The van der Waals surface area contributed by atoms with E-state index in [-0.39, 0.29) is 11.4 Å². The summed E-state index contributed by atoms with van der Waals surface area (Å²) < 4.78 is 65.8. The molecule has 0 amide bonds. The number of nitrogens with one attached hydrogen (secondary N) is 2. The van der Waals surface area contributed by atoms with Crippen LogP contribution in [0.25, 0.3) is 0 Å². The highest BCUT2D eigenvalue weighted by atomic mass is 35.5. The second-order valence-electron chi connectivity index (χ2n) is 6.60. The number of alkyl halides is 1. The largest absolute Gasteiger partial charge is 0.507 e. The number of sulfonamides is 1. The lowest BCUT2D eigenvalue weighted by Crippen LogP contribution is -2.46. The van der Waals surface area contributed by atoms with Gasteiger partial charge < -0.3 is 14.6 Å². The number of phenolic OH excluding ortho intramolecular Hbond substituents is 1. The summed E-state index contributed by atoms with van der Waals surface area (Å²) in [5.74, 6) is -2.88. The molecule has 3 rings (SSSR count). The molecule has 182 valence electrons. The van der Waals surface area contributed by atoms with E-state index >= 15 is 0 Å². The highest BCUT2D eigenvalue weighted by Gasteiger charge is 2.39. The van der Waals surface area contributed by atoms with Crippen molar-refractivity contribution in [2.24, 2.45) is 0 Å². The lowest BCUT2D eigenvalue weighted by Gasteiger charge is -2.33. The van der Waals surface area contributed by atoms with E-state index in [1.54, 1.807) is 0 Å². The third-order valence-electron chi connectivity index (χ3n) is 4.46. The van der Waals surface area contributed by atoms with Crippen LogP contribution in [0.15, 0.2) is 68.9 Å². The molecule has 1 heterocycles. The second kappa shape index (κ2) is 10.1. The number of halogens is 4. The van der Waals surface area contributed by atoms with E-state index in [2.05, 4.69) is 14.9 Å². The molecule has 1 aliphatic rings. The number of hydrogen-bond acceptors (Lipinski definition) is 8. The van der Waals surface area contributed by atoms with Crippen LogP contribution in [0.1, 0.15) is 0 Å². The fourth-order valence-electron chi connectivity index (χ4n) is 2.88. The first-order chi connectivity index (χ1) is 16.0. The molecule has 0 aliphatic carbocycles. The smallest absolute Gasteiger partial charge is 0.357 e. The van der Waals surface area contributed by atoms with Crippen LogP contribution in [0.5, 0.6) is 11.5 Å². The van der Waals surface area contributed by atoms with Gasteiger partial charge in [-0.3, -0.25) is 9.73 Å². The van der Waals surface area contributed by atoms with Crippen LogP contribution in [0.3, 0.4) is 0 Å². The van der Waals surface area contributed by atoms with Crippen molar-refractivity contribution in [2.45, 2.75) is 11.2 Å². The van der Waals surface area contributed by atoms with Crippen molar-refractivity contribution in [2.75, 3.05) is 18.9 Å². The molecule has 3 N–H and O–H groups in total. The third kappa shape index (κ3) is 5.04. The van der Waals surface area contributed by atoms with Crippen molar-refractivity contribution < 1.29 is 36.6 Å². The summed E-state index contributed by atoms with van der Waals surface area (Å²) in [6.07, 6.45) is -2.10. The number of allylic oxidation sites excluding steroid dienone is 1. The molecule has 1 atom stereocenters. The molecule has 1 aliphatic heterocycles. The molecule has 2 aromatic carbocycles. The van der Waals surface area contributed by atoms with Gasteiger partial charge in [0.15, 0.2) is 11.5 Å². The van der Waals surface area contributed by atoms with E-state index in [1.807, 2.05) is 0 Å². The Morgan fingerprint density at radius 1 is 1.18 bits per heavy atom. The second-order valence-corrected chi connectivity index (χ2v) is 9.04. The zero-order valence-electron chi connectivity index (χ0n) is 17.5. The Labute approximate surface area is 203 Å². The Morgan fingerprint density at radius 3 is 2.41 bits per heavy atom. The van der Waals surface area contributed by atoms with E-state index in [9.17, 15) is 27.1 Å². The molecule has 14 heteroatoms. The summed E-state index contributed by atoms with van der Waals surface area (Å²) >= 11 is 12.3. The maximum Gasteiger partial charge on any atom is 0.357 e. The summed E-state index contributed by atoms with van der Waals surface area (Å²) in [6.45, 7) is 0. The fraction of sp³-hybridized carbons (Fsp3) is 0.150. The maximum atomic E-state index is 14.8. The Balaban J connectivity index is 2.00. The van der Waals surface area contributed by atoms with Gasteiger partial charge in [0.05, 0.1) is 7.11 Å². The van der Waals surface area contributed by atoms with Gasteiger partial charge in [-0.15, -0.1) is 0 Å². The van der Waals surface area contributed by atoms with Crippen molar-refractivity contribution in [3.63, 3.8) is 0 Å². The number of methoxy groups -OCH3 is 1. The predicted octanol–water partition coefficient (Wildman–Crippen LogP) is 3.53. The Kier molecular flexibility index (Phi) is 7.56. The van der Waals surface area contributed by atoms with Crippen molar-refractivity contribution in [1.82, 2.24) is 10.4 Å². The summed E-state index contributed by atoms with van der Waals surface area (Å²) in [6, 6.07) is 7.57. The molecule has 2 aromatic rings. The topological polar surface area (TPSA) is 117 Å². The molecule has 0 radical (unpaired) electrons. The molecule has 34 heavy (non-hydrogen) atoms. The van der Waals surface area contributed by atoms with Gasteiger partial charge in [-0.2, -0.15) is 0 Å². The molecule has 0 aromatic heterocycles. The first-order valence-corrected chi connectivity index (χ1v) is 11.5. The van der Waals surface area contributed by atoms with Crippen LogP contribution >= 0.6 is 23.2 Å². The maximum absolute atomic E-state index is 14.8. The summed E-state index contributed by atoms with van der Waals surface area (Å²) in [5, 5.41) is 9.88. The van der Waals surface area contributed by atoms with Crippen molar-refractivity contribution in [3.8, 4) is 11.5 Å². The average molecular weight is 536 g/mol. The zero-order chi connectivity index (χ0) is 25.2. The predicted molar refractivity (Wildman–Crippen MR) is 120 cm³/mol. The molecule has 9 nitrogen and oxygen atoms in total. The van der Waals surface area contributed by atoms with Crippen LogP contribution in [0, 0.1) is 5.82 Å². The minimum Gasteiger partial charge on any atom is -0.507 e. The normalized spacial score (nSPS) is 16.5. The molecule has 0 saturated heterocycles. The molecule has 0 fully saturated rings. The van der Waals surface area contributed by atoms with Gasteiger partial charge >= 0.3 is 5.97 Å². The van der Waals surface area contributed by atoms with E-state index in [4.69, 9.17) is 27.9 Å². The van der Waals surface area contributed by atoms with Crippen LogP contribution in [0.4, 0.5) is 14.5 Å².